The Labute approximate surface area is 109 Å². The Hall–Kier alpha value is -1.76. The summed E-state index contributed by atoms with van der Waals surface area (Å²) in [6.45, 7) is 8.32. The van der Waals surface area contributed by atoms with Crippen molar-refractivity contribution in [3.05, 3.63) is 64.7 Å². The largest absolute Gasteiger partial charge is 0.507 e. The number of hydrogen-bond donors (Lipinski definition) is 1. The smallest absolute Gasteiger partial charge is 0.122 e. The van der Waals surface area contributed by atoms with Crippen molar-refractivity contribution < 1.29 is 5.11 Å². The Morgan fingerprint density at radius 3 is 2.17 bits per heavy atom. The van der Waals surface area contributed by atoms with Gasteiger partial charge in [-0.25, -0.2) is 0 Å². The molecule has 1 nitrogen and oxygen atoms in total. The number of aryl methyl sites for hydroxylation is 2. The topological polar surface area (TPSA) is 20.2 Å². The van der Waals surface area contributed by atoms with E-state index in [9.17, 15) is 5.11 Å². The van der Waals surface area contributed by atoms with Gasteiger partial charge in [-0.15, -0.1) is 0 Å². The van der Waals surface area contributed by atoms with Crippen LogP contribution in [0.1, 0.15) is 36.1 Å². The van der Waals surface area contributed by atoms with E-state index in [4.69, 9.17) is 0 Å². The lowest BCUT2D eigenvalue weighted by Gasteiger charge is -2.28. The number of aromatic hydroxyl groups is 1. The van der Waals surface area contributed by atoms with Crippen molar-refractivity contribution in [3.63, 3.8) is 0 Å². The summed E-state index contributed by atoms with van der Waals surface area (Å²) in [4.78, 5) is 0. The highest BCUT2D eigenvalue weighted by Gasteiger charge is 2.26. The monoisotopic (exact) mass is 240 g/mol. The first kappa shape index (κ1) is 12.7. The van der Waals surface area contributed by atoms with E-state index < -0.39 is 0 Å². The molecule has 2 aromatic rings. The molecule has 0 fully saturated rings. The Morgan fingerprint density at radius 2 is 1.56 bits per heavy atom. The van der Waals surface area contributed by atoms with Crippen LogP contribution in [0.3, 0.4) is 0 Å². The van der Waals surface area contributed by atoms with Gasteiger partial charge in [0.05, 0.1) is 0 Å². The zero-order valence-corrected chi connectivity index (χ0v) is 11.5. The van der Waals surface area contributed by atoms with E-state index in [1.54, 1.807) is 0 Å². The Bertz CT molecular complexity index is 553. The van der Waals surface area contributed by atoms with E-state index in [-0.39, 0.29) is 5.41 Å². The van der Waals surface area contributed by atoms with Crippen LogP contribution in [0, 0.1) is 13.8 Å². The Balaban J connectivity index is 2.61. The molecule has 0 heterocycles. The van der Waals surface area contributed by atoms with Crippen molar-refractivity contribution in [2.75, 3.05) is 0 Å². The average molecular weight is 240 g/mol. The van der Waals surface area contributed by atoms with E-state index in [1.807, 2.05) is 31.2 Å². The highest BCUT2D eigenvalue weighted by Crippen LogP contribution is 2.38. The highest BCUT2D eigenvalue weighted by molar-refractivity contribution is 5.50. The van der Waals surface area contributed by atoms with Crippen LogP contribution in [0.15, 0.2) is 42.5 Å². The lowest BCUT2D eigenvalue weighted by molar-refractivity contribution is 0.449. The molecule has 2 aromatic carbocycles. The van der Waals surface area contributed by atoms with Gasteiger partial charge in [-0.3, -0.25) is 0 Å². The quantitative estimate of drug-likeness (QED) is 0.828. The maximum absolute atomic E-state index is 10.3. The molecule has 0 unspecified atom stereocenters. The normalized spacial score (nSPS) is 11.6. The third-order valence-electron chi connectivity index (χ3n) is 3.61. The first-order chi connectivity index (χ1) is 8.43. The molecule has 0 radical (unpaired) electrons. The van der Waals surface area contributed by atoms with Gasteiger partial charge in [0.1, 0.15) is 5.75 Å². The van der Waals surface area contributed by atoms with Crippen molar-refractivity contribution in [1.29, 1.82) is 0 Å². The van der Waals surface area contributed by atoms with Gasteiger partial charge in [0.2, 0.25) is 0 Å². The van der Waals surface area contributed by atoms with Crippen LogP contribution in [0.5, 0.6) is 5.75 Å². The lowest BCUT2D eigenvalue weighted by Crippen LogP contribution is -2.19. The minimum atomic E-state index is -0.192. The van der Waals surface area contributed by atoms with E-state index in [2.05, 4.69) is 39.0 Å². The predicted octanol–water partition coefficient (Wildman–Crippen LogP) is 4.33. The molecule has 2 rings (SSSR count). The lowest BCUT2D eigenvalue weighted by atomic mass is 9.76. The number of rotatable bonds is 2. The first-order valence-electron chi connectivity index (χ1n) is 6.29. The second kappa shape index (κ2) is 4.49. The molecule has 0 spiro atoms. The molecular formula is C17H20O. The van der Waals surface area contributed by atoms with Crippen LogP contribution < -0.4 is 0 Å². The van der Waals surface area contributed by atoms with Crippen LogP contribution in [-0.2, 0) is 5.41 Å². The van der Waals surface area contributed by atoms with Crippen molar-refractivity contribution >= 4 is 0 Å². The van der Waals surface area contributed by atoms with Crippen molar-refractivity contribution in [2.45, 2.75) is 33.1 Å². The third kappa shape index (κ3) is 2.13. The molecule has 0 aliphatic heterocycles. The number of hydrogen-bond acceptors (Lipinski definition) is 1. The summed E-state index contributed by atoms with van der Waals surface area (Å²) in [6, 6.07) is 14.4. The fourth-order valence-corrected chi connectivity index (χ4v) is 2.45. The summed E-state index contributed by atoms with van der Waals surface area (Å²) in [6.07, 6.45) is 0. The molecule has 0 aliphatic carbocycles. The van der Waals surface area contributed by atoms with Crippen LogP contribution in [0.2, 0.25) is 0 Å². The second-order valence-corrected chi connectivity index (χ2v) is 5.47. The zero-order valence-electron chi connectivity index (χ0n) is 11.5. The third-order valence-corrected chi connectivity index (χ3v) is 3.61. The van der Waals surface area contributed by atoms with Crippen LogP contribution >= 0.6 is 0 Å². The molecule has 94 valence electrons. The molecule has 0 saturated carbocycles. The molecule has 1 N–H and O–H groups in total. The van der Waals surface area contributed by atoms with Gasteiger partial charge < -0.3 is 5.11 Å². The van der Waals surface area contributed by atoms with E-state index in [1.165, 1.54) is 11.1 Å². The molecule has 18 heavy (non-hydrogen) atoms. The van der Waals surface area contributed by atoms with Gasteiger partial charge in [-0.1, -0.05) is 61.9 Å². The van der Waals surface area contributed by atoms with Crippen molar-refractivity contribution in [1.82, 2.24) is 0 Å². The van der Waals surface area contributed by atoms with Crippen molar-refractivity contribution in [3.8, 4) is 5.75 Å². The number of phenolic OH excluding ortho intramolecular Hbond substituents is 1. The standard InChI is InChI=1S/C17H20O/c1-12-10-13(2)16(18)15(11-12)17(3,4)14-8-6-5-7-9-14/h5-11,18H,1-4H3. The molecule has 0 saturated heterocycles. The van der Waals surface area contributed by atoms with Crippen LogP contribution in [-0.4, -0.2) is 5.11 Å². The fourth-order valence-electron chi connectivity index (χ4n) is 2.45. The van der Waals surface area contributed by atoms with Gasteiger partial charge >= 0.3 is 0 Å². The molecule has 0 amide bonds. The van der Waals surface area contributed by atoms with Crippen LogP contribution in [0.25, 0.3) is 0 Å². The predicted molar refractivity (Wildman–Crippen MR) is 76.2 cm³/mol. The maximum atomic E-state index is 10.3. The summed E-state index contributed by atoms with van der Waals surface area (Å²) in [5.74, 6) is 0.412. The van der Waals surface area contributed by atoms with E-state index >= 15 is 0 Å². The Kier molecular flexibility index (Phi) is 3.16. The zero-order chi connectivity index (χ0) is 13.3. The van der Waals surface area contributed by atoms with Gasteiger partial charge in [-0.05, 0) is 25.0 Å². The summed E-state index contributed by atoms with van der Waals surface area (Å²) in [7, 11) is 0. The van der Waals surface area contributed by atoms with Gasteiger partial charge in [0, 0.05) is 11.0 Å². The molecule has 0 atom stereocenters. The summed E-state index contributed by atoms with van der Waals surface area (Å²) < 4.78 is 0. The maximum Gasteiger partial charge on any atom is 0.122 e. The Morgan fingerprint density at radius 1 is 0.944 bits per heavy atom. The molecule has 1 heteroatoms. The van der Waals surface area contributed by atoms with E-state index in [0.29, 0.717) is 5.75 Å². The van der Waals surface area contributed by atoms with E-state index in [0.717, 1.165) is 11.1 Å². The number of benzene rings is 2. The number of phenols is 1. The SMILES string of the molecule is Cc1cc(C)c(O)c(C(C)(C)c2ccccc2)c1. The first-order valence-corrected chi connectivity index (χ1v) is 6.29. The summed E-state index contributed by atoms with van der Waals surface area (Å²) in [5, 5.41) is 10.3. The molecule has 0 bridgehead atoms. The van der Waals surface area contributed by atoms with Gasteiger partial charge in [0.25, 0.3) is 0 Å². The summed E-state index contributed by atoms with van der Waals surface area (Å²) >= 11 is 0. The molecular weight excluding hydrogens is 220 g/mol. The van der Waals surface area contributed by atoms with Gasteiger partial charge in [-0.2, -0.15) is 0 Å². The second-order valence-electron chi connectivity index (χ2n) is 5.47. The highest BCUT2D eigenvalue weighted by atomic mass is 16.3. The average Bonchev–Trinajstić information content (AvgIpc) is 2.34. The minimum Gasteiger partial charge on any atom is -0.507 e. The molecule has 0 aliphatic rings. The van der Waals surface area contributed by atoms with Crippen molar-refractivity contribution in [2.24, 2.45) is 0 Å². The van der Waals surface area contributed by atoms with Crippen LogP contribution in [0.4, 0.5) is 0 Å². The van der Waals surface area contributed by atoms with Gasteiger partial charge in [0.15, 0.2) is 0 Å². The summed E-state index contributed by atoms with van der Waals surface area (Å²) in [5.41, 5.74) is 4.14. The fraction of sp³-hybridized carbons (Fsp3) is 0.294. The minimum absolute atomic E-state index is 0.192. The molecule has 0 aromatic heterocycles.